The molecule has 2 heterocycles. The Balaban J connectivity index is 1.75. The molecule has 0 bridgehead atoms. The topological polar surface area (TPSA) is 98.1 Å². The van der Waals surface area contributed by atoms with Gasteiger partial charge in [0.05, 0.1) is 17.2 Å². The molecule has 1 aromatic carbocycles. The van der Waals surface area contributed by atoms with Crippen LogP contribution in [0.15, 0.2) is 41.8 Å². The lowest BCUT2D eigenvalue weighted by Crippen LogP contribution is -2.35. The van der Waals surface area contributed by atoms with E-state index >= 15 is 0 Å². The van der Waals surface area contributed by atoms with Crippen molar-refractivity contribution in [2.45, 2.75) is 6.92 Å². The van der Waals surface area contributed by atoms with Gasteiger partial charge in [0.25, 0.3) is 5.91 Å². The molecule has 2 N–H and O–H groups in total. The molecule has 0 aliphatic heterocycles. The van der Waals surface area contributed by atoms with E-state index in [0.717, 1.165) is 4.88 Å². The average molecular weight is 403 g/mol. The van der Waals surface area contributed by atoms with Crippen molar-refractivity contribution < 1.29 is 18.7 Å². The van der Waals surface area contributed by atoms with Gasteiger partial charge in [-0.1, -0.05) is 6.07 Å². The maximum Gasteiger partial charge on any atom is 0.407 e. The van der Waals surface area contributed by atoms with Gasteiger partial charge < -0.3 is 15.4 Å². The van der Waals surface area contributed by atoms with Gasteiger partial charge in [0.2, 0.25) is 5.82 Å². The molecule has 0 spiro atoms. The Morgan fingerprint density at radius 3 is 2.61 bits per heavy atom. The van der Waals surface area contributed by atoms with E-state index < -0.39 is 12.0 Å². The number of nitrogens with zero attached hydrogens (tertiary/aromatic N) is 3. The maximum absolute atomic E-state index is 13.2. The number of nitrogens with one attached hydrogen (secondary N) is 2. The summed E-state index contributed by atoms with van der Waals surface area (Å²) in [5, 5.41) is 11.3. The van der Waals surface area contributed by atoms with Crippen LogP contribution in [0.5, 0.6) is 0 Å². The van der Waals surface area contributed by atoms with Crippen LogP contribution in [0.4, 0.5) is 9.18 Å². The highest BCUT2D eigenvalue weighted by molar-refractivity contribution is 7.13. The van der Waals surface area contributed by atoms with Crippen molar-refractivity contribution >= 4 is 23.3 Å². The summed E-state index contributed by atoms with van der Waals surface area (Å²) in [5.74, 6) is -0.391. The van der Waals surface area contributed by atoms with Crippen LogP contribution in [-0.4, -0.2) is 46.5 Å². The zero-order valence-corrected chi connectivity index (χ0v) is 15.8. The monoisotopic (exact) mass is 403 g/mol. The van der Waals surface area contributed by atoms with E-state index in [4.69, 9.17) is 4.74 Å². The number of ether oxygens (including phenoxy) is 1. The Kier molecular flexibility index (Phi) is 6.33. The fourth-order valence-electron chi connectivity index (χ4n) is 2.34. The van der Waals surface area contributed by atoms with Crippen LogP contribution in [0.3, 0.4) is 0 Å². The first-order chi connectivity index (χ1) is 13.6. The molecule has 2 amide bonds. The predicted molar refractivity (Wildman–Crippen MR) is 102 cm³/mol. The number of hydrogen-bond donors (Lipinski definition) is 2. The smallest absolute Gasteiger partial charge is 0.407 e. The zero-order chi connectivity index (χ0) is 19.9. The number of halogens is 1. The summed E-state index contributed by atoms with van der Waals surface area (Å²) < 4.78 is 19.5. The molecule has 3 rings (SSSR count). The lowest BCUT2D eigenvalue weighted by Gasteiger charge is -2.05. The number of rotatable bonds is 7. The lowest BCUT2D eigenvalue weighted by atomic mass is 10.3. The van der Waals surface area contributed by atoms with Gasteiger partial charge in [0.1, 0.15) is 5.82 Å². The molecule has 0 saturated carbocycles. The third-order valence-electron chi connectivity index (χ3n) is 3.58. The number of hydrogen-bond acceptors (Lipinski definition) is 6. The van der Waals surface area contributed by atoms with Crippen molar-refractivity contribution in [3.05, 3.63) is 53.4 Å². The van der Waals surface area contributed by atoms with Crippen molar-refractivity contribution in [1.29, 1.82) is 0 Å². The largest absolute Gasteiger partial charge is 0.450 e. The summed E-state index contributed by atoms with van der Waals surface area (Å²) in [4.78, 5) is 28.8. The number of benzene rings is 1. The molecule has 0 fully saturated rings. The molecule has 0 saturated heterocycles. The summed E-state index contributed by atoms with van der Waals surface area (Å²) in [6.45, 7) is 2.38. The minimum absolute atomic E-state index is 0.0242. The van der Waals surface area contributed by atoms with Gasteiger partial charge >= 0.3 is 6.09 Å². The molecule has 0 aliphatic carbocycles. The lowest BCUT2D eigenvalue weighted by molar-refractivity contribution is 0.0942. The minimum Gasteiger partial charge on any atom is -0.450 e. The normalized spacial score (nSPS) is 10.5. The van der Waals surface area contributed by atoms with Crippen LogP contribution < -0.4 is 10.6 Å². The maximum atomic E-state index is 13.2. The second-order valence-corrected chi connectivity index (χ2v) is 6.48. The Morgan fingerprint density at radius 1 is 1.18 bits per heavy atom. The number of carbonyl (C=O) groups excluding carboxylic acids is 2. The van der Waals surface area contributed by atoms with Gasteiger partial charge in [-0.2, -0.15) is 0 Å². The van der Waals surface area contributed by atoms with Crippen molar-refractivity contribution in [2.24, 2.45) is 0 Å². The van der Waals surface area contributed by atoms with Crippen LogP contribution in [0.1, 0.15) is 17.5 Å². The van der Waals surface area contributed by atoms with Crippen LogP contribution in [0.25, 0.3) is 16.4 Å². The van der Waals surface area contributed by atoms with Gasteiger partial charge in [-0.25, -0.2) is 18.9 Å². The van der Waals surface area contributed by atoms with Crippen molar-refractivity contribution in [3.63, 3.8) is 0 Å². The highest BCUT2D eigenvalue weighted by atomic mass is 32.1. The first kappa shape index (κ1) is 19.5. The Morgan fingerprint density at radius 2 is 1.93 bits per heavy atom. The molecule has 0 unspecified atom stereocenters. The van der Waals surface area contributed by atoms with Gasteiger partial charge in [-0.05, 0) is 42.6 Å². The quantitative estimate of drug-likeness (QED) is 0.591. The molecular weight excluding hydrogens is 385 g/mol. The second kappa shape index (κ2) is 9.09. The number of amides is 2. The van der Waals surface area contributed by atoms with Gasteiger partial charge in [-0.15, -0.1) is 16.4 Å². The average Bonchev–Trinajstić information content (AvgIpc) is 3.35. The van der Waals surface area contributed by atoms with Crippen LogP contribution in [0.2, 0.25) is 0 Å². The molecule has 10 heteroatoms. The number of aromatic nitrogens is 3. The van der Waals surface area contributed by atoms with E-state index in [-0.39, 0.29) is 31.3 Å². The van der Waals surface area contributed by atoms with Crippen LogP contribution in [-0.2, 0) is 4.74 Å². The number of thiophene rings is 1. The standard InChI is InChI=1S/C18H18FN5O3S/c1-2-27-18(26)21-10-9-20-17(25)15-22-16(14-4-3-11-28-14)24(23-15)13-7-5-12(19)6-8-13/h3-8,11H,2,9-10H2,1H3,(H,20,25)(H,21,26). The third kappa shape index (κ3) is 4.71. The SMILES string of the molecule is CCOC(=O)NCCNC(=O)c1nc(-c2cccs2)n(-c2ccc(F)cc2)n1. The van der Waals surface area contributed by atoms with Crippen molar-refractivity contribution in [2.75, 3.05) is 19.7 Å². The second-order valence-electron chi connectivity index (χ2n) is 5.53. The van der Waals surface area contributed by atoms with Gasteiger partial charge in [0.15, 0.2) is 5.82 Å². The molecule has 2 aromatic heterocycles. The summed E-state index contributed by atoms with van der Waals surface area (Å²) >= 11 is 1.45. The fraction of sp³-hybridized carbons (Fsp3) is 0.222. The molecular formula is C18H18FN5O3S. The van der Waals surface area contributed by atoms with Crippen LogP contribution in [0, 0.1) is 5.82 Å². The van der Waals surface area contributed by atoms with E-state index in [9.17, 15) is 14.0 Å². The van der Waals surface area contributed by atoms with E-state index in [1.165, 1.54) is 28.2 Å². The molecule has 28 heavy (non-hydrogen) atoms. The summed E-state index contributed by atoms with van der Waals surface area (Å²) in [5.41, 5.74) is 0.584. The third-order valence-corrected chi connectivity index (χ3v) is 4.44. The van der Waals surface area contributed by atoms with Crippen LogP contribution >= 0.6 is 11.3 Å². The molecule has 146 valence electrons. The van der Waals surface area contributed by atoms with E-state index in [0.29, 0.717) is 11.5 Å². The van der Waals surface area contributed by atoms with E-state index in [2.05, 4.69) is 20.7 Å². The highest BCUT2D eigenvalue weighted by Crippen LogP contribution is 2.25. The predicted octanol–water partition coefficient (Wildman–Crippen LogP) is 2.61. The Labute approximate surface area is 164 Å². The molecule has 0 aliphatic rings. The summed E-state index contributed by atoms with van der Waals surface area (Å²) in [6.07, 6.45) is -0.546. The van der Waals surface area contributed by atoms with Crippen molar-refractivity contribution in [1.82, 2.24) is 25.4 Å². The van der Waals surface area contributed by atoms with Gasteiger partial charge in [0, 0.05) is 13.1 Å². The molecule has 3 aromatic rings. The first-order valence-electron chi connectivity index (χ1n) is 8.54. The van der Waals surface area contributed by atoms with Crippen molar-refractivity contribution in [3.8, 4) is 16.4 Å². The van der Waals surface area contributed by atoms with Gasteiger partial charge in [-0.3, -0.25) is 4.79 Å². The molecule has 0 radical (unpaired) electrons. The Hall–Kier alpha value is -3.27. The molecule has 8 nitrogen and oxygen atoms in total. The highest BCUT2D eigenvalue weighted by Gasteiger charge is 2.19. The van der Waals surface area contributed by atoms with E-state index in [1.807, 2.05) is 17.5 Å². The zero-order valence-electron chi connectivity index (χ0n) is 15.0. The first-order valence-corrected chi connectivity index (χ1v) is 9.42. The summed E-state index contributed by atoms with van der Waals surface area (Å²) in [6, 6.07) is 9.48. The number of alkyl carbamates (subject to hydrolysis) is 1. The Bertz CT molecular complexity index is 941. The minimum atomic E-state index is -0.546. The summed E-state index contributed by atoms with van der Waals surface area (Å²) in [7, 11) is 0. The fourth-order valence-corrected chi connectivity index (χ4v) is 3.04. The molecule has 0 atom stereocenters. The van der Waals surface area contributed by atoms with E-state index in [1.54, 1.807) is 19.1 Å². The number of carbonyl (C=O) groups is 2.